The first-order chi connectivity index (χ1) is 12.5. The highest BCUT2D eigenvalue weighted by Gasteiger charge is 2.26. The van der Waals surface area contributed by atoms with Crippen molar-refractivity contribution < 1.29 is 23.1 Å². The summed E-state index contributed by atoms with van der Waals surface area (Å²) in [5.41, 5.74) is 0.106. The maximum atomic E-state index is 13.6. The van der Waals surface area contributed by atoms with E-state index >= 15 is 0 Å². The van der Waals surface area contributed by atoms with Gasteiger partial charge in [0.15, 0.2) is 11.6 Å². The fraction of sp³-hybridized carbons (Fsp3) is 0.600. The topological polar surface area (TPSA) is 46.6 Å². The molecular formula is C20H27F2NO3. The molecule has 1 aromatic rings. The number of benzene rings is 1. The average Bonchev–Trinajstić information content (AvgIpc) is 2.58. The van der Waals surface area contributed by atoms with Gasteiger partial charge in [-0.05, 0) is 38.0 Å². The molecule has 0 aliphatic heterocycles. The first-order valence-electron chi connectivity index (χ1n) is 9.44. The van der Waals surface area contributed by atoms with Crippen LogP contribution < -0.4 is 0 Å². The summed E-state index contributed by atoms with van der Waals surface area (Å²) in [6.07, 6.45) is 7.31. The molecule has 6 heteroatoms. The Kier molecular flexibility index (Phi) is 8.01. The van der Waals surface area contributed by atoms with Crippen LogP contribution in [0.2, 0.25) is 0 Å². The number of hydrogen-bond acceptors (Lipinski definition) is 3. The molecule has 1 aliphatic rings. The lowest BCUT2D eigenvalue weighted by atomic mass is 9.95. The largest absolute Gasteiger partial charge is 0.466 e. The summed E-state index contributed by atoms with van der Waals surface area (Å²) in [5, 5.41) is 0. The first kappa shape index (κ1) is 20.3. The molecule has 1 amide bonds. The highest BCUT2D eigenvalue weighted by molar-refractivity contribution is 5.94. The monoisotopic (exact) mass is 367 g/mol. The van der Waals surface area contributed by atoms with Crippen molar-refractivity contribution in [3.63, 3.8) is 0 Å². The van der Waals surface area contributed by atoms with E-state index < -0.39 is 11.6 Å². The van der Waals surface area contributed by atoms with Crippen molar-refractivity contribution >= 4 is 11.9 Å². The lowest BCUT2D eigenvalue weighted by Gasteiger charge is -2.33. The number of amides is 1. The molecule has 2 rings (SSSR count). The molecule has 0 unspecified atom stereocenters. The zero-order chi connectivity index (χ0) is 18.9. The lowest BCUT2D eigenvalue weighted by molar-refractivity contribution is -0.143. The van der Waals surface area contributed by atoms with Gasteiger partial charge in [-0.25, -0.2) is 8.78 Å². The van der Waals surface area contributed by atoms with Gasteiger partial charge in [0.05, 0.1) is 13.0 Å². The molecule has 0 heterocycles. The van der Waals surface area contributed by atoms with Crippen molar-refractivity contribution in [3.05, 3.63) is 35.4 Å². The Bertz CT molecular complexity index is 613. The minimum absolute atomic E-state index is 0.00495. The Balaban J connectivity index is 2.17. The second kappa shape index (κ2) is 10.2. The molecule has 0 atom stereocenters. The molecular weight excluding hydrogens is 340 g/mol. The third-order valence-corrected chi connectivity index (χ3v) is 4.81. The van der Waals surface area contributed by atoms with Gasteiger partial charge in [-0.2, -0.15) is 0 Å². The summed E-state index contributed by atoms with van der Waals surface area (Å²) in [5.74, 6) is -2.75. The van der Waals surface area contributed by atoms with Crippen LogP contribution >= 0.6 is 0 Å². The smallest absolute Gasteiger partial charge is 0.307 e. The summed E-state index contributed by atoms with van der Waals surface area (Å²) in [6, 6.07) is 3.19. The molecule has 144 valence electrons. The van der Waals surface area contributed by atoms with Crippen molar-refractivity contribution in [1.29, 1.82) is 0 Å². The van der Waals surface area contributed by atoms with Crippen molar-refractivity contribution in [3.8, 4) is 0 Å². The highest BCUT2D eigenvalue weighted by atomic mass is 19.2. The van der Waals surface area contributed by atoms with Crippen LogP contribution in [0.3, 0.4) is 0 Å². The molecule has 0 aromatic heterocycles. The van der Waals surface area contributed by atoms with Crippen LogP contribution in [0.15, 0.2) is 18.2 Å². The quantitative estimate of drug-likeness (QED) is 0.697. The SMILES string of the molecule is CCOC(=O)CCN(C(=O)c1ccc(F)c(F)c1)C1CCCCCCC1. The minimum Gasteiger partial charge on any atom is -0.466 e. The summed E-state index contributed by atoms with van der Waals surface area (Å²) < 4.78 is 31.7. The van der Waals surface area contributed by atoms with Gasteiger partial charge in [0.2, 0.25) is 0 Å². The van der Waals surface area contributed by atoms with Crippen molar-refractivity contribution in [2.24, 2.45) is 0 Å². The van der Waals surface area contributed by atoms with Gasteiger partial charge in [-0.15, -0.1) is 0 Å². The Morgan fingerprint density at radius 1 is 1.08 bits per heavy atom. The molecule has 26 heavy (non-hydrogen) atoms. The van der Waals surface area contributed by atoms with Gasteiger partial charge in [-0.3, -0.25) is 9.59 Å². The summed E-state index contributed by atoms with van der Waals surface area (Å²) in [4.78, 5) is 26.3. The second-order valence-electron chi connectivity index (χ2n) is 6.68. The van der Waals surface area contributed by atoms with E-state index in [-0.39, 0.29) is 36.4 Å². The standard InChI is InChI=1S/C20H27F2NO3/c1-2-26-19(24)12-13-23(16-8-6-4-3-5-7-9-16)20(25)15-10-11-17(21)18(22)14-15/h10-11,14,16H,2-9,12-13H2,1H3. The molecule has 1 fully saturated rings. The Morgan fingerprint density at radius 2 is 1.73 bits per heavy atom. The average molecular weight is 367 g/mol. The molecule has 4 nitrogen and oxygen atoms in total. The van der Waals surface area contributed by atoms with Gasteiger partial charge in [0, 0.05) is 18.2 Å². The van der Waals surface area contributed by atoms with Gasteiger partial charge in [-0.1, -0.05) is 32.1 Å². The van der Waals surface area contributed by atoms with Crippen LogP contribution in [-0.4, -0.2) is 36.0 Å². The van der Waals surface area contributed by atoms with E-state index in [0.29, 0.717) is 6.61 Å². The van der Waals surface area contributed by atoms with E-state index in [1.807, 2.05) is 0 Å². The summed E-state index contributed by atoms with van der Waals surface area (Å²) in [7, 11) is 0. The number of esters is 1. The molecule has 0 bridgehead atoms. The van der Waals surface area contributed by atoms with Crippen LogP contribution in [0.5, 0.6) is 0 Å². The maximum Gasteiger partial charge on any atom is 0.307 e. The van der Waals surface area contributed by atoms with E-state index in [1.165, 1.54) is 12.5 Å². The van der Waals surface area contributed by atoms with Gasteiger partial charge < -0.3 is 9.64 Å². The van der Waals surface area contributed by atoms with Crippen molar-refractivity contribution in [1.82, 2.24) is 4.90 Å². The first-order valence-corrected chi connectivity index (χ1v) is 9.44. The summed E-state index contributed by atoms with van der Waals surface area (Å²) in [6.45, 7) is 2.25. The number of hydrogen-bond donors (Lipinski definition) is 0. The lowest BCUT2D eigenvalue weighted by Crippen LogP contribution is -2.42. The zero-order valence-electron chi connectivity index (χ0n) is 15.3. The van der Waals surface area contributed by atoms with E-state index in [1.54, 1.807) is 11.8 Å². The number of carbonyl (C=O) groups excluding carboxylic acids is 2. The molecule has 0 N–H and O–H groups in total. The summed E-state index contributed by atoms with van der Waals surface area (Å²) >= 11 is 0. The van der Waals surface area contributed by atoms with Crippen LogP contribution in [-0.2, 0) is 9.53 Å². The molecule has 0 radical (unpaired) electrons. The number of carbonyl (C=O) groups is 2. The van der Waals surface area contributed by atoms with Crippen LogP contribution in [0.4, 0.5) is 8.78 Å². The fourth-order valence-electron chi connectivity index (χ4n) is 3.44. The Labute approximate surface area is 153 Å². The van der Waals surface area contributed by atoms with E-state index in [0.717, 1.165) is 50.7 Å². The molecule has 1 saturated carbocycles. The van der Waals surface area contributed by atoms with Crippen molar-refractivity contribution in [2.75, 3.05) is 13.2 Å². The molecule has 0 spiro atoms. The van der Waals surface area contributed by atoms with E-state index in [2.05, 4.69) is 0 Å². The molecule has 1 aromatic carbocycles. The van der Waals surface area contributed by atoms with Crippen LogP contribution in [0.1, 0.15) is 68.6 Å². The van der Waals surface area contributed by atoms with Gasteiger partial charge >= 0.3 is 5.97 Å². The molecule has 0 saturated heterocycles. The maximum absolute atomic E-state index is 13.6. The third-order valence-electron chi connectivity index (χ3n) is 4.81. The van der Waals surface area contributed by atoms with E-state index in [4.69, 9.17) is 4.74 Å². The number of rotatable bonds is 6. The molecule has 1 aliphatic carbocycles. The normalized spacial score (nSPS) is 15.8. The number of nitrogens with zero attached hydrogens (tertiary/aromatic N) is 1. The van der Waals surface area contributed by atoms with Gasteiger partial charge in [0.25, 0.3) is 5.91 Å². The predicted octanol–water partition coefficient (Wildman–Crippen LogP) is 4.47. The number of ether oxygens (including phenoxy) is 1. The van der Waals surface area contributed by atoms with Crippen molar-refractivity contribution in [2.45, 2.75) is 64.3 Å². The Hall–Kier alpha value is -1.98. The van der Waals surface area contributed by atoms with E-state index in [9.17, 15) is 18.4 Å². The Morgan fingerprint density at radius 3 is 2.35 bits per heavy atom. The fourth-order valence-corrected chi connectivity index (χ4v) is 3.44. The van der Waals surface area contributed by atoms with Crippen LogP contribution in [0.25, 0.3) is 0 Å². The number of halogens is 2. The zero-order valence-corrected chi connectivity index (χ0v) is 15.3. The van der Waals surface area contributed by atoms with Crippen LogP contribution in [0, 0.1) is 11.6 Å². The third kappa shape index (κ3) is 5.78. The second-order valence-corrected chi connectivity index (χ2v) is 6.68. The minimum atomic E-state index is -1.04. The predicted molar refractivity (Wildman–Crippen MR) is 94.8 cm³/mol. The highest BCUT2D eigenvalue weighted by Crippen LogP contribution is 2.24. The van der Waals surface area contributed by atoms with Gasteiger partial charge in [0.1, 0.15) is 0 Å².